The van der Waals surface area contributed by atoms with Crippen molar-refractivity contribution in [1.82, 2.24) is 14.8 Å². The maximum Gasteiger partial charge on any atom is 0.191 e. The molecule has 1 aromatic heterocycles. The van der Waals surface area contributed by atoms with E-state index in [9.17, 15) is 0 Å². The molecule has 29 heavy (non-hydrogen) atoms. The van der Waals surface area contributed by atoms with Crippen molar-refractivity contribution in [3.05, 3.63) is 46.4 Å². The Morgan fingerprint density at radius 3 is 2.52 bits per heavy atom. The summed E-state index contributed by atoms with van der Waals surface area (Å²) >= 11 is 7.76. The lowest BCUT2D eigenvalue weighted by molar-refractivity contribution is 0.0179. The standard InChI is InChI=1S/C20H27ClN6OS/c21-17-3-1-16(2-4-17)18(25-10-12-28-13-11-25)15-24-19(22)26-6-8-27(9-7-26)20-23-5-14-29-20/h1-5,14,18H,6-13,15H2,(H2,22,24). The molecule has 3 heterocycles. The molecule has 1 aromatic carbocycles. The van der Waals surface area contributed by atoms with Crippen LogP contribution in [0.4, 0.5) is 5.13 Å². The second-order valence-corrected chi connectivity index (χ2v) is 8.51. The maximum absolute atomic E-state index is 6.37. The van der Waals surface area contributed by atoms with Crippen molar-refractivity contribution in [2.24, 2.45) is 10.7 Å². The summed E-state index contributed by atoms with van der Waals surface area (Å²) < 4.78 is 5.53. The fourth-order valence-corrected chi connectivity index (χ4v) is 4.61. The summed E-state index contributed by atoms with van der Waals surface area (Å²) in [5.41, 5.74) is 7.58. The molecule has 2 saturated heterocycles. The third-order valence-corrected chi connectivity index (χ3v) is 6.55. The molecule has 0 amide bonds. The van der Waals surface area contributed by atoms with E-state index in [0.717, 1.165) is 62.6 Å². The first-order valence-electron chi connectivity index (χ1n) is 9.97. The summed E-state index contributed by atoms with van der Waals surface area (Å²) in [6.07, 6.45) is 1.85. The number of nitrogens with two attached hydrogens (primary N) is 1. The van der Waals surface area contributed by atoms with E-state index >= 15 is 0 Å². The normalized spacial score (nSPS) is 20.1. The fourth-order valence-electron chi connectivity index (χ4n) is 3.78. The zero-order valence-electron chi connectivity index (χ0n) is 16.4. The van der Waals surface area contributed by atoms with Crippen LogP contribution >= 0.6 is 22.9 Å². The molecule has 2 aliphatic heterocycles. The van der Waals surface area contributed by atoms with Gasteiger partial charge in [0.15, 0.2) is 11.1 Å². The van der Waals surface area contributed by atoms with Gasteiger partial charge >= 0.3 is 0 Å². The number of rotatable bonds is 5. The van der Waals surface area contributed by atoms with Crippen LogP contribution in [0, 0.1) is 0 Å². The zero-order chi connectivity index (χ0) is 20.1. The number of aromatic nitrogens is 1. The van der Waals surface area contributed by atoms with Gasteiger partial charge in [0.1, 0.15) is 0 Å². The number of hydrogen-bond acceptors (Lipinski definition) is 6. The Hall–Kier alpha value is -1.87. The van der Waals surface area contributed by atoms with Crippen molar-refractivity contribution < 1.29 is 4.74 Å². The minimum atomic E-state index is 0.173. The molecule has 9 heteroatoms. The summed E-state index contributed by atoms with van der Waals surface area (Å²) in [5.74, 6) is 0.621. The van der Waals surface area contributed by atoms with Crippen LogP contribution in [0.5, 0.6) is 0 Å². The van der Waals surface area contributed by atoms with Crippen LogP contribution in [0.25, 0.3) is 0 Å². The first-order chi connectivity index (χ1) is 14.2. The predicted molar refractivity (Wildman–Crippen MR) is 119 cm³/mol. The number of aliphatic imine (C=N–C) groups is 1. The zero-order valence-corrected chi connectivity index (χ0v) is 18.0. The lowest BCUT2D eigenvalue weighted by atomic mass is 10.0. The Morgan fingerprint density at radius 1 is 1.14 bits per heavy atom. The van der Waals surface area contributed by atoms with Gasteiger partial charge in [0, 0.05) is 55.9 Å². The molecule has 156 valence electrons. The summed E-state index contributed by atoms with van der Waals surface area (Å²) in [6.45, 7) is 7.46. The van der Waals surface area contributed by atoms with E-state index in [2.05, 4.69) is 31.8 Å². The van der Waals surface area contributed by atoms with Crippen molar-refractivity contribution >= 4 is 34.0 Å². The molecule has 1 atom stereocenters. The van der Waals surface area contributed by atoms with Gasteiger partial charge in [-0.05, 0) is 17.7 Å². The number of piperazine rings is 1. The maximum atomic E-state index is 6.37. The van der Waals surface area contributed by atoms with Crippen LogP contribution in [0.2, 0.25) is 5.02 Å². The van der Waals surface area contributed by atoms with Crippen molar-refractivity contribution in [1.29, 1.82) is 0 Å². The summed E-state index contributed by atoms with van der Waals surface area (Å²) in [6, 6.07) is 8.22. The van der Waals surface area contributed by atoms with Gasteiger partial charge in [0.05, 0.1) is 25.8 Å². The average Bonchev–Trinajstić information content (AvgIpc) is 3.31. The number of halogens is 1. The first-order valence-corrected chi connectivity index (χ1v) is 11.2. The lowest BCUT2D eigenvalue weighted by Gasteiger charge is -2.36. The highest BCUT2D eigenvalue weighted by atomic mass is 35.5. The Bertz CT molecular complexity index is 786. The Balaban J connectivity index is 1.40. The largest absolute Gasteiger partial charge is 0.379 e. The average molecular weight is 435 g/mol. The molecule has 0 bridgehead atoms. The smallest absolute Gasteiger partial charge is 0.191 e. The van der Waals surface area contributed by atoms with E-state index in [4.69, 9.17) is 27.1 Å². The molecule has 0 spiro atoms. The molecule has 2 aliphatic rings. The SMILES string of the molecule is NC(=NCC(c1ccc(Cl)cc1)N1CCOCC1)N1CCN(c2nccs2)CC1. The number of morpholine rings is 1. The Labute approximate surface area is 180 Å². The molecule has 4 rings (SSSR count). The van der Waals surface area contributed by atoms with Crippen LogP contribution in [0.1, 0.15) is 11.6 Å². The molecule has 2 fully saturated rings. The quantitative estimate of drug-likeness (QED) is 0.575. The fraction of sp³-hybridized carbons (Fsp3) is 0.500. The second-order valence-electron chi connectivity index (χ2n) is 7.20. The molecular formula is C20H27ClN6OS. The van der Waals surface area contributed by atoms with Gasteiger partial charge in [0.2, 0.25) is 0 Å². The second kappa shape index (κ2) is 9.75. The monoisotopic (exact) mass is 434 g/mol. The minimum Gasteiger partial charge on any atom is -0.379 e. The molecular weight excluding hydrogens is 408 g/mol. The highest BCUT2D eigenvalue weighted by Crippen LogP contribution is 2.24. The number of anilines is 1. The third-order valence-electron chi connectivity index (χ3n) is 5.46. The summed E-state index contributed by atoms with van der Waals surface area (Å²) in [4.78, 5) is 16.1. The van der Waals surface area contributed by atoms with Gasteiger partial charge < -0.3 is 20.3 Å². The molecule has 0 saturated carbocycles. The van der Waals surface area contributed by atoms with Crippen LogP contribution in [0.3, 0.4) is 0 Å². The van der Waals surface area contributed by atoms with Crippen LogP contribution in [0.15, 0.2) is 40.8 Å². The summed E-state index contributed by atoms with van der Waals surface area (Å²) in [7, 11) is 0. The molecule has 0 radical (unpaired) electrons. The van der Waals surface area contributed by atoms with Crippen molar-refractivity contribution in [3.8, 4) is 0 Å². The molecule has 2 N–H and O–H groups in total. The predicted octanol–water partition coefficient (Wildman–Crippen LogP) is 2.31. The number of guanidine groups is 1. The first kappa shape index (κ1) is 20.4. The molecule has 7 nitrogen and oxygen atoms in total. The Morgan fingerprint density at radius 2 is 1.86 bits per heavy atom. The van der Waals surface area contributed by atoms with E-state index < -0.39 is 0 Å². The molecule has 0 aliphatic carbocycles. The van der Waals surface area contributed by atoms with Gasteiger partial charge in [-0.2, -0.15) is 0 Å². The number of benzene rings is 1. The van der Waals surface area contributed by atoms with Crippen molar-refractivity contribution in [3.63, 3.8) is 0 Å². The van der Waals surface area contributed by atoms with Gasteiger partial charge in [-0.15, -0.1) is 11.3 Å². The van der Waals surface area contributed by atoms with Crippen LogP contribution in [-0.4, -0.2) is 79.8 Å². The van der Waals surface area contributed by atoms with E-state index in [0.29, 0.717) is 12.5 Å². The third kappa shape index (κ3) is 5.19. The van der Waals surface area contributed by atoms with E-state index in [-0.39, 0.29) is 6.04 Å². The van der Waals surface area contributed by atoms with Gasteiger partial charge in [-0.25, -0.2) is 4.98 Å². The summed E-state index contributed by atoms with van der Waals surface area (Å²) in [5, 5.41) is 3.84. The molecule has 2 aromatic rings. The van der Waals surface area contributed by atoms with E-state index in [1.54, 1.807) is 11.3 Å². The minimum absolute atomic E-state index is 0.173. The lowest BCUT2D eigenvalue weighted by Crippen LogP contribution is -2.51. The Kier molecular flexibility index (Phi) is 6.86. The van der Waals surface area contributed by atoms with Crippen LogP contribution in [-0.2, 0) is 4.74 Å². The van der Waals surface area contributed by atoms with Gasteiger partial charge in [0.25, 0.3) is 0 Å². The number of hydrogen-bond donors (Lipinski definition) is 1. The highest BCUT2D eigenvalue weighted by molar-refractivity contribution is 7.13. The van der Waals surface area contributed by atoms with Gasteiger partial charge in [-0.1, -0.05) is 23.7 Å². The topological polar surface area (TPSA) is 70.2 Å². The highest BCUT2D eigenvalue weighted by Gasteiger charge is 2.24. The number of ether oxygens (including phenoxy) is 1. The number of thiazole rings is 1. The van der Waals surface area contributed by atoms with Crippen LogP contribution < -0.4 is 10.6 Å². The van der Waals surface area contributed by atoms with E-state index in [1.807, 2.05) is 23.7 Å². The van der Waals surface area contributed by atoms with Gasteiger partial charge in [-0.3, -0.25) is 9.89 Å². The van der Waals surface area contributed by atoms with E-state index in [1.165, 1.54) is 5.56 Å². The van der Waals surface area contributed by atoms with Crippen molar-refractivity contribution in [2.75, 3.05) is 63.9 Å². The molecule has 1 unspecified atom stereocenters. The number of nitrogens with zero attached hydrogens (tertiary/aromatic N) is 5. The van der Waals surface area contributed by atoms with Crippen molar-refractivity contribution in [2.45, 2.75) is 6.04 Å².